The molecule has 0 radical (unpaired) electrons. The molecule has 0 heterocycles. The molecule has 8 nitrogen and oxygen atoms in total. The summed E-state index contributed by atoms with van der Waals surface area (Å²) in [6.45, 7) is 3.15. The molecule has 2 rings (SSSR count). The van der Waals surface area contributed by atoms with Gasteiger partial charge in [-0.2, -0.15) is 8.42 Å². The lowest BCUT2D eigenvalue weighted by molar-refractivity contribution is -0.385. The van der Waals surface area contributed by atoms with E-state index in [9.17, 15) is 23.3 Å². The van der Waals surface area contributed by atoms with E-state index in [1.54, 1.807) is 13.8 Å². The number of hydrogen-bond acceptors (Lipinski definition) is 7. The van der Waals surface area contributed by atoms with Crippen LogP contribution in [0.4, 0.5) is 5.69 Å². The molecule has 0 saturated carbocycles. The van der Waals surface area contributed by atoms with Gasteiger partial charge in [0.05, 0.1) is 4.92 Å². The number of nitro benzene ring substituents is 1. The molecule has 0 atom stereocenters. The maximum absolute atomic E-state index is 12.0. The van der Waals surface area contributed by atoms with Gasteiger partial charge in [-0.1, -0.05) is 11.2 Å². The first-order chi connectivity index (χ1) is 10.7. The number of carbonyl (C=O) groups is 1. The zero-order chi connectivity index (χ0) is 17.2. The third-order valence-corrected chi connectivity index (χ3v) is 4.15. The smallest absolute Gasteiger partial charge is 0.290 e. The summed E-state index contributed by atoms with van der Waals surface area (Å²) in [5.74, 6) is -0.192. The minimum absolute atomic E-state index is 0.191. The summed E-state index contributed by atoms with van der Waals surface area (Å²) < 4.78 is 28.7. The van der Waals surface area contributed by atoms with Crippen LogP contribution in [0.1, 0.15) is 13.8 Å². The normalized spacial score (nSPS) is 16.8. The zero-order valence-electron chi connectivity index (χ0n) is 12.2. The van der Waals surface area contributed by atoms with Crippen LogP contribution < -0.4 is 0 Å². The summed E-state index contributed by atoms with van der Waals surface area (Å²) in [5.41, 5.74) is 0.661. The first-order valence-corrected chi connectivity index (χ1v) is 7.79. The van der Waals surface area contributed by atoms with Crippen LogP contribution >= 0.6 is 0 Å². The van der Waals surface area contributed by atoms with E-state index in [0.29, 0.717) is 11.1 Å². The molecule has 0 bridgehead atoms. The maximum atomic E-state index is 12.0. The van der Waals surface area contributed by atoms with E-state index in [4.69, 9.17) is 0 Å². The molecule has 0 aliphatic heterocycles. The topological polar surface area (TPSA) is 116 Å². The monoisotopic (exact) mass is 336 g/mol. The van der Waals surface area contributed by atoms with E-state index in [-0.39, 0.29) is 22.1 Å². The van der Waals surface area contributed by atoms with Crippen LogP contribution in [0.15, 0.2) is 57.6 Å². The molecular formula is C14H12N2O6S. The molecular weight excluding hydrogens is 324 g/mol. The highest BCUT2D eigenvalue weighted by Crippen LogP contribution is 2.20. The van der Waals surface area contributed by atoms with Gasteiger partial charge in [-0.15, -0.1) is 0 Å². The lowest BCUT2D eigenvalue weighted by Gasteiger charge is -2.09. The van der Waals surface area contributed by atoms with E-state index >= 15 is 0 Å². The van der Waals surface area contributed by atoms with Crippen molar-refractivity contribution < 1.29 is 22.4 Å². The van der Waals surface area contributed by atoms with Crippen LogP contribution in [0.2, 0.25) is 0 Å². The van der Waals surface area contributed by atoms with E-state index in [1.165, 1.54) is 18.2 Å². The Labute approximate surface area is 132 Å². The van der Waals surface area contributed by atoms with Gasteiger partial charge in [-0.3, -0.25) is 19.2 Å². The van der Waals surface area contributed by atoms with Gasteiger partial charge < -0.3 is 0 Å². The number of carbonyl (C=O) groups excluding carboxylic acids is 1. The van der Waals surface area contributed by atoms with Crippen LogP contribution in [0.5, 0.6) is 0 Å². The Morgan fingerprint density at radius 3 is 2.52 bits per heavy atom. The Morgan fingerprint density at radius 2 is 1.87 bits per heavy atom. The van der Waals surface area contributed by atoms with Crippen LogP contribution in [-0.4, -0.2) is 24.8 Å². The summed E-state index contributed by atoms with van der Waals surface area (Å²) in [4.78, 5) is 21.0. The number of benzene rings is 1. The number of nitrogens with zero attached hydrogens (tertiary/aromatic N) is 2. The average molecular weight is 336 g/mol. The van der Waals surface area contributed by atoms with Crippen molar-refractivity contribution in [2.24, 2.45) is 5.16 Å². The minimum atomic E-state index is -4.30. The Bertz CT molecular complexity index is 880. The van der Waals surface area contributed by atoms with Crippen molar-refractivity contribution in [3.8, 4) is 0 Å². The van der Waals surface area contributed by atoms with Crippen molar-refractivity contribution >= 4 is 27.3 Å². The summed E-state index contributed by atoms with van der Waals surface area (Å²) in [5, 5.41) is 14.2. The summed E-state index contributed by atoms with van der Waals surface area (Å²) >= 11 is 0. The summed E-state index contributed by atoms with van der Waals surface area (Å²) in [7, 11) is -4.30. The minimum Gasteiger partial charge on any atom is -0.290 e. The van der Waals surface area contributed by atoms with Crippen molar-refractivity contribution in [2.75, 3.05) is 0 Å². The Kier molecular flexibility index (Phi) is 4.41. The fraction of sp³-hybridized carbons (Fsp3) is 0.143. The standard InChI is InChI=1S/C14H12N2O6S/c1-9-7-14(17)10(2)6-13(9)15-22-23(20,21)12-5-3-4-11(8-12)16(18)19/h3-8H,1-2H3. The van der Waals surface area contributed by atoms with Crippen molar-refractivity contribution in [1.29, 1.82) is 0 Å². The highest BCUT2D eigenvalue weighted by molar-refractivity contribution is 7.86. The molecule has 0 aromatic heterocycles. The predicted octanol–water partition coefficient (Wildman–Crippen LogP) is 2.13. The molecule has 1 aromatic rings. The molecule has 1 aliphatic rings. The Hall–Kier alpha value is -2.81. The van der Waals surface area contributed by atoms with Gasteiger partial charge in [0.1, 0.15) is 10.6 Å². The van der Waals surface area contributed by atoms with Gasteiger partial charge in [0.2, 0.25) is 0 Å². The van der Waals surface area contributed by atoms with Crippen molar-refractivity contribution in [3.05, 3.63) is 57.7 Å². The summed E-state index contributed by atoms with van der Waals surface area (Å²) in [6, 6.07) is 4.44. The molecule has 0 saturated heterocycles. The molecule has 0 fully saturated rings. The largest absolute Gasteiger partial charge is 0.358 e. The molecule has 0 amide bonds. The first kappa shape index (κ1) is 16.6. The highest BCUT2D eigenvalue weighted by Gasteiger charge is 2.20. The SMILES string of the molecule is CC1=CC(=NOS(=O)(=O)c2cccc([N+](=O)[O-])c2)C(C)=CC1=O. The van der Waals surface area contributed by atoms with Gasteiger partial charge in [-0.25, -0.2) is 0 Å². The second-order valence-corrected chi connectivity index (χ2v) is 6.31. The zero-order valence-corrected chi connectivity index (χ0v) is 13.0. The molecule has 1 aliphatic carbocycles. The van der Waals surface area contributed by atoms with Gasteiger partial charge in [-0.05, 0) is 43.2 Å². The fourth-order valence-electron chi connectivity index (χ4n) is 1.76. The molecule has 0 unspecified atom stereocenters. The molecule has 0 N–H and O–H groups in total. The van der Waals surface area contributed by atoms with Crippen LogP contribution in [0.25, 0.3) is 0 Å². The predicted molar refractivity (Wildman–Crippen MR) is 81.3 cm³/mol. The van der Waals surface area contributed by atoms with E-state index in [0.717, 1.165) is 18.2 Å². The third-order valence-electron chi connectivity index (χ3n) is 3.04. The van der Waals surface area contributed by atoms with Crippen LogP contribution in [0.3, 0.4) is 0 Å². The fourth-order valence-corrected chi connectivity index (χ4v) is 2.53. The van der Waals surface area contributed by atoms with Crippen LogP contribution in [-0.2, 0) is 19.2 Å². The number of hydrogen-bond donors (Lipinski definition) is 0. The Morgan fingerprint density at radius 1 is 1.17 bits per heavy atom. The lowest BCUT2D eigenvalue weighted by atomic mass is 9.99. The highest BCUT2D eigenvalue weighted by atomic mass is 32.2. The van der Waals surface area contributed by atoms with Gasteiger partial charge in [0, 0.05) is 12.1 Å². The number of allylic oxidation sites excluding steroid dienone is 4. The second kappa shape index (κ2) is 6.13. The van der Waals surface area contributed by atoms with Gasteiger partial charge in [0.15, 0.2) is 5.78 Å². The third kappa shape index (κ3) is 3.69. The first-order valence-electron chi connectivity index (χ1n) is 6.38. The number of nitro groups is 1. The number of non-ortho nitro benzene ring substituents is 1. The molecule has 9 heteroatoms. The molecule has 120 valence electrons. The molecule has 23 heavy (non-hydrogen) atoms. The van der Waals surface area contributed by atoms with E-state index in [1.807, 2.05) is 0 Å². The van der Waals surface area contributed by atoms with Gasteiger partial charge in [0.25, 0.3) is 5.69 Å². The van der Waals surface area contributed by atoms with Crippen molar-refractivity contribution in [3.63, 3.8) is 0 Å². The number of oxime groups is 1. The van der Waals surface area contributed by atoms with Crippen LogP contribution in [0, 0.1) is 10.1 Å². The van der Waals surface area contributed by atoms with E-state index in [2.05, 4.69) is 9.44 Å². The van der Waals surface area contributed by atoms with Crippen molar-refractivity contribution in [2.45, 2.75) is 18.7 Å². The quantitative estimate of drug-likeness (QED) is 0.472. The molecule has 1 aromatic carbocycles. The number of ketones is 1. The number of rotatable bonds is 4. The Balaban J connectivity index is 2.31. The summed E-state index contributed by atoms with van der Waals surface area (Å²) in [6.07, 6.45) is 2.72. The maximum Gasteiger partial charge on any atom is 0.358 e. The van der Waals surface area contributed by atoms with Gasteiger partial charge >= 0.3 is 10.1 Å². The molecule has 0 spiro atoms. The lowest BCUT2D eigenvalue weighted by Crippen LogP contribution is -2.12. The second-order valence-electron chi connectivity index (χ2n) is 4.78. The van der Waals surface area contributed by atoms with E-state index < -0.39 is 15.0 Å². The van der Waals surface area contributed by atoms with Crippen molar-refractivity contribution in [1.82, 2.24) is 0 Å². The average Bonchev–Trinajstić information content (AvgIpc) is 2.49.